The first kappa shape index (κ1) is 13.9. The SMILES string of the molecule is CC(CCCCl)NC(=O)c1ccc(F)cc1F. The lowest BCUT2D eigenvalue weighted by Gasteiger charge is -2.13. The summed E-state index contributed by atoms with van der Waals surface area (Å²) in [5.41, 5.74) is -0.149. The first-order chi connectivity index (χ1) is 8.04. The number of hydrogen-bond acceptors (Lipinski definition) is 1. The molecule has 0 aliphatic rings. The Hall–Kier alpha value is -1.16. The summed E-state index contributed by atoms with van der Waals surface area (Å²) in [6, 6.07) is 2.79. The molecule has 1 unspecified atom stereocenters. The fraction of sp³-hybridized carbons (Fsp3) is 0.417. The molecule has 0 aromatic heterocycles. The number of nitrogens with one attached hydrogen (secondary N) is 1. The number of carbonyl (C=O) groups is 1. The topological polar surface area (TPSA) is 29.1 Å². The van der Waals surface area contributed by atoms with Gasteiger partial charge in [0.05, 0.1) is 5.56 Å². The second kappa shape index (κ2) is 6.55. The summed E-state index contributed by atoms with van der Waals surface area (Å²) >= 11 is 5.53. The van der Waals surface area contributed by atoms with E-state index in [0.717, 1.165) is 25.0 Å². The fourth-order valence-corrected chi connectivity index (χ4v) is 1.58. The number of alkyl halides is 1. The van der Waals surface area contributed by atoms with Crippen LogP contribution < -0.4 is 5.32 Å². The zero-order valence-corrected chi connectivity index (χ0v) is 10.2. The molecule has 0 saturated heterocycles. The molecular formula is C12H14ClF2NO. The predicted molar refractivity (Wildman–Crippen MR) is 63.2 cm³/mol. The van der Waals surface area contributed by atoms with Crippen molar-refractivity contribution in [2.45, 2.75) is 25.8 Å². The van der Waals surface area contributed by atoms with Crippen molar-refractivity contribution in [2.24, 2.45) is 0 Å². The van der Waals surface area contributed by atoms with Crippen LogP contribution in [-0.4, -0.2) is 17.8 Å². The lowest BCUT2D eigenvalue weighted by molar-refractivity contribution is 0.0934. The molecule has 94 valence electrons. The lowest BCUT2D eigenvalue weighted by Crippen LogP contribution is -2.33. The van der Waals surface area contributed by atoms with Gasteiger partial charge in [-0.1, -0.05) is 0 Å². The summed E-state index contributed by atoms with van der Waals surface area (Å²) in [7, 11) is 0. The maximum absolute atomic E-state index is 13.3. The Morgan fingerprint density at radius 1 is 1.47 bits per heavy atom. The number of halogens is 3. The molecule has 0 spiro atoms. The Kier molecular flexibility index (Phi) is 5.35. The number of hydrogen-bond donors (Lipinski definition) is 1. The first-order valence-corrected chi connectivity index (χ1v) is 5.90. The fourth-order valence-electron chi connectivity index (χ4n) is 1.43. The van der Waals surface area contributed by atoms with Gasteiger partial charge in [-0.15, -0.1) is 11.6 Å². The highest BCUT2D eigenvalue weighted by atomic mass is 35.5. The van der Waals surface area contributed by atoms with Gasteiger partial charge < -0.3 is 5.32 Å². The summed E-state index contributed by atoms with van der Waals surface area (Å²) in [6.45, 7) is 1.81. The molecule has 0 aliphatic carbocycles. The zero-order chi connectivity index (χ0) is 12.8. The van der Waals surface area contributed by atoms with Gasteiger partial charge >= 0.3 is 0 Å². The highest BCUT2D eigenvalue weighted by molar-refractivity contribution is 6.17. The highest BCUT2D eigenvalue weighted by Gasteiger charge is 2.14. The summed E-state index contributed by atoms with van der Waals surface area (Å²) in [5, 5.41) is 2.63. The van der Waals surface area contributed by atoms with Crippen molar-refractivity contribution in [3.63, 3.8) is 0 Å². The van der Waals surface area contributed by atoms with Crippen LogP contribution in [0.25, 0.3) is 0 Å². The quantitative estimate of drug-likeness (QED) is 0.811. The molecule has 0 saturated carbocycles. The maximum Gasteiger partial charge on any atom is 0.254 e. The van der Waals surface area contributed by atoms with Crippen molar-refractivity contribution < 1.29 is 13.6 Å². The van der Waals surface area contributed by atoms with Crippen LogP contribution in [0, 0.1) is 11.6 Å². The molecule has 0 fully saturated rings. The molecule has 2 nitrogen and oxygen atoms in total. The summed E-state index contributed by atoms with van der Waals surface area (Å²) < 4.78 is 25.9. The van der Waals surface area contributed by atoms with Crippen LogP contribution >= 0.6 is 11.6 Å². The van der Waals surface area contributed by atoms with Crippen LogP contribution in [0.5, 0.6) is 0 Å². The van der Waals surface area contributed by atoms with E-state index in [1.807, 2.05) is 6.92 Å². The third kappa shape index (κ3) is 4.30. The molecule has 1 aromatic rings. The van der Waals surface area contributed by atoms with Gasteiger partial charge in [0.15, 0.2) is 0 Å². The average molecular weight is 262 g/mol. The number of carbonyl (C=O) groups excluding carboxylic acids is 1. The van der Waals surface area contributed by atoms with Crippen LogP contribution in [0.15, 0.2) is 18.2 Å². The van der Waals surface area contributed by atoms with Crippen LogP contribution in [0.1, 0.15) is 30.1 Å². The van der Waals surface area contributed by atoms with E-state index in [-0.39, 0.29) is 11.6 Å². The minimum atomic E-state index is -0.855. The van der Waals surface area contributed by atoms with Gasteiger partial charge in [-0.3, -0.25) is 4.79 Å². The molecule has 1 rings (SSSR count). The Labute approximate surface area is 104 Å². The Morgan fingerprint density at radius 2 is 2.18 bits per heavy atom. The van der Waals surface area contributed by atoms with Gasteiger partial charge in [-0.05, 0) is 31.9 Å². The second-order valence-electron chi connectivity index (χ2n) is 3.83. The maximum atomic E-state index is 13.3. The van der Waals surface area contributed by atoms with Crippen molar-refractivity contribution in [1.82, 2.24) is 5.32 Å². The van der Waals surface area contributed by atoms with E-state index in [0.29, 0.717) is 11.9 Å². The highest BCUT2D eigenvalue weighted by Crippen LogP contribution is 2.10. The van der Waals surface area contributed by atoms with Crippen molar-refractivity contribution >= 4 is 17.5 Å². The Balaban J connectivity index is 2.63. The molecule has 1 atom stereocenters. The Morgan fingerprint density at radius 3 is 2.76 bits per heavy atom. The van der Waals surface area contributed by atoms with Gasteiger partial charge in [0, 0.05) is 18.0 Å². The molecule has 0 radical (unpaired) electrons. The number of amides is 1. The molecule has 1 N–H and O–H groups in total. The Bertz CT molecular complexity index is 398. The molecule has 0 aliphatic heterocycles. The van der Waals surface area contributed by atoms with Crippen LogP contribution in [-0.2, 0) is 0 Å². The molecule has 0 heterocycles. The third-order valence-electron chi connectivity index (χ3n) is 2.32. The van der Waals surface area contributed by atoms with E-state index in [2.05, 4.69) is 5.32 Å². The van der Waals surface area contributed by atoms with E-state index in [1.165, 1.54) is 0 Å². The molecule has 5 heteroatoms. The van der Waals surface area contributed by atoms with E-state index in [1.54, 1.807) is 0 Å². The van der Waals surface area contributed by atoms with E-state index in [9.17, 15) is 13.6 Å². The largest absolute Gasteiger partial charge is 0.349 e. The monoisotopic (exact) mass is 261 g/mol. The predicted octanol–water partition coefficient (Wildman–Crippen LogP) is 3.10. The molecule has 17 heavy (non-hydrogen) atoms. The van der Waals surface area contributed by atoms with Gasteiger partial charge in [-0.2, -0.15) is 0 Å². The van der Waals surface area contributed by atoms with E-state index >= 15 is 0 Å². The normalized spacial score (nSPS) is 12.2. The van der Waals surface area contributed by atoms with Crippen LogP contribution in [0.4, 0.5) is 8.78 Å². The van der Waals surface area contributed by atoms with Crippen LogP contribution in [0.2, 0.25) is 0 Å². The van der Waals surface area contributed by atoms with Crippen molar-refractivity contribution in [2.75, 3.05) is 5.88 Å². The van der Waals surface area contributed by atoms with Gasteiger partial charge in [0.1, 0.15) is 11.6 Å². The summed E-state index contributed by atoms with van der Waals surface area (Å²) in [6.07, 6.45) is 1.49. The molecule has 1 aromatic carbocycles. The standard InChI is InChI=1S/C12H14ClF2NO/c1-8(3-2-6-13)16-12(17)10-5-4-9(14)7-11(10)15/h4-5,7-8H,2-3,6H2,1H3,(H,16,17). The smallest absolute Gasteiger partial charge is 0.254 e. The second-order valence-corrected chi connectivity index (χ2v) is 4.21. The number of rotatable bonds is 5. The van der Waals surface area contributed by atoms with Gasteiger partial charge in [-0.25, -0.2) is 8.78 Å². The minimum Gasteiger partial charge on any atom is -0.349 e. The van der Waals surface area contributed by atoms with Gasteiger partial charge in [0.25, 0.3) is 5.91 Å². The molecular weight excluding hydrogens is 248 g/mol. The third-order valence-corrected chi connectivity index (χ3v) is 2.59. The lowest BCUT2D eigenvalue weighted by atomic mass is 10.1. The van der Waals surface area contributed by atoms with Crippen molar-refractivity contribution in [3.05, 3.63) is 35.4 Å². The van der Waals surface area contributed by atoms with Gasteiger partial charge in [0.2, 0.25) is 0 Å². The van der Waals surface area contributed by atoms with E-state index < -0.39 is 17.5 Å². The molecule has 0 bridgehead atoms. The first-order valence-electron chi connectivity index (χ1n) is 5.36. The van der Waals surface area contributed by atoms with E-state index in [4.69, 9.17) is 11.6 Å². The average Bonchev–Trinajstić information content (AvgIpc) is 2.26. The number of benzene rings is 1. The van der Waals surface area contributed by atoms with Crippen LogP contribution in [0.3, 0.4) is 0 Å². The zero-order valence-electron chi connectivity index (χ0n) is 9.47. The summed E-state index contributed by atoms with van der Waals surface area (Å²) in [5.74, 6) is -1.57. The van der Waals surface area contributed by atoms with Crippen molar-refractivity contribution in [1.29, 1.82) is 0 Å². The summed E-state index contributed by atoms with van der Waals surface area (Å²) in [4.78, 5) is 11.6. The minimum absolute atomic E-state index is 0.0919. The molecule has 1 amide bonds. The van der Waals surface area contributed by atoms with Crippen molar-refractivity contribution in [3.8, 4) is 0 Å².